The van der Waals surface area contributed by atoms with Gasteiger partial charge in [-0.2, -0.15) is 10.2 Å². The monoisotopic (exact) mass is 772 g/mol. The molecule has 10 rings (SSSR count). The number of carbonyl (C=O) groups excluding carboxylic acids is 1. The lowest BCUT2D eigenvalue weighted by molar-refractivity contribution is 0.0696. The van der Waals surface area contributed by atoms with Crippen molar-refractivity contribution in [2.24, 2.45) is 7.05 Å². The fourth-order valence-corrected chi connectivity index (χ4v) is 8.19. The van der Waals surface area contributed by atoms with Gasteiger partial charge in [-0.1, -0.05) is 11.2 Å². The van der Waals surface area contributed by atoms with Crippen LogP contribution in [0, 0.1) is 11.6 Å². The third kappa shape index (κ3) is 5.80. The molecule has 17 heteroatoms. The molecule has 1 saturated heterocycles. The van der Waals surface area contributed by atoms with Gasteiger partial charge in [0.2, 0.25) is 0 Å². The van der Waals surface area contributed by atoms with E-state index in [1.807, 2.05) is 16.7 Å². The van der Waals surface area contributed by atoms with Gasteiger partial charge in [-0.15, -0.1) is 0 Å². The number of carbonyl (C=O) groups is 1. The average molecular weight is 773 g/mol. The minimum atomic E-state index is -0.700. The number of hydrogen-bond donors (Lipinski definition) is 1. The SMILES string of the molecule is Cn1ncc2c(F)c(-n3ccn(-c4c(-c5ccc(F)cc5)nn5c4CN(C(=O)c4cc6cc(C7CCOCC7)ccc6n4Cc4noc(=O)[nH]4)CC5)c3=O)ccc21. The number of halogens is 2. The van der Waals surface area contributed by atoms with Crippen molar-refractivity contribution in [1.29, 1.82) is 0 Å². The lowest BCUT2D eigenvalue weighted by atomic mass is 9.91. The van der Waals surface area contributed by atoms with E-state index in [4.69, 9.17) is 14.4 Å². The molecule has 0 unspecified atom stereocenters. The van der Waals surface area contributed by atoms with Gasteiger partial charge in [-0.05, 0) is 78.9 Å². The Bertz CT molecular complexity index is 2980. The summed E-state index contributed by atoms with van der Waals surface area (Å²) in [5.74, 6) is -1.43. The van der Waals surface area contributed by atoms with Crippen molar-refractivity contribution in [3.63, 3.8) is 0 Å². The zero-order valence-electron chi connectivity index (χ0n) is 30.6. The molecular weight excluding hydrogens is 739 g/mol. The summed E-state index contributed by atoms with van der Waals surface area (Å²) in [5, 5.41) is 14.0. The summed E-state index contributed by atoms with van der Waals surface area (Å²) in [6.45, 7) is 2.10. The van der Waals surface area contributed by atoms with E-state index in [-0.39, 0.29) is 42.4 Å². The highest BCUT2D eigenvalue weighted by atomic mass is 19.1. The summed E-state index contributed by atoms with van der Waals surface area (Å²) >= 11 is 0. The molecule has 0 spiro atoms. The molecule has 5 aromatic heterocycles. The van der Waals surface area contributed by atoms with Crippen molar-refractivity contribution in [2.75, 3.05) is 19.8 Å². The van der Waals surface area contributed by atoms with Crippen LogP contribution in [0.1, 0.15) is 46.3 Å². The molecule has 0 bridgehead atoms. The van der Waals surface area contributed by atoms with E-state index < -0.39 is 23.1 Å². The van der Waals surface area contributed by atoms with Crippen LogP contribution in [0.3, 0.4) is 0 Å². The number of fused-ring (bicyclic) bond motifs is 3. The normalized spacial score (nSPS) is 14.9. The highest BCUT2D eigenvalue weighted by molar-refractivity contribution is 5.99. The van der Waals surface area contributed by atoms with Gasteiger partial charge < -0.3 is 14.2 Å². The van der Waals surface area contributed by atoms with E-state index in [9.17, 15) is 18.8 Å². The predicted molar refractivity (Wildman–Crippen MR) is 202 cm³/mol. The van der Waals surface area contributed by atoms with Crippen LogP contribution in [0.4, 0.5) is 8.78 Å². The number of imidazole rings is 1. The van der Waals surface area contributed by atoms with Gasteiger partial charge in [0.1, 0.15) is 22.9 Å². The van der Waals surface area contributed by atoms with Crippen LogP contribution in [0.2, 0.25) is 0 Å². The number of H-pyrrole nitrogens is 1. The van der Waals surface area contributed by atoms with Crippen LogP contribution in [0.15, 0.2) is 93.4 Å². The Hall–Kier alpha value is -6.88. The summed E-state index contributed by atoms with van der Waals surface area (Å²) < 4.78 is 48.1. The second kappa shape index (κ2) is 13.4. The number of hydrogen-bond acceptors (Lipinski definition) is 8. The van der Waals surface area contributed by atoms with Gasteiger partial charge in [0.25, 0.3) is 5.91 Å². The van der Waals surface area contributed by atoms with Crippen LogP contribution in [-0.4, -0.2) is 74.0 Å². The van der Waals surface area contributed by atoms with Crippen molar-refractivity contribution in [3.8, 4) is 22.6 Å². The number of ether oxygens (including phenoxy) is 1. The number of nitrogens with zero attached hydrogens (tertiary/aromatic N) is 9. The molecule has 2 aliphatic rings. The van der Waals surface area contributed by atoms with Crippen molar-refractivity contribution in [2.45, 2.75) is 38.4 Å². The second-order valence-electron chi connectivity index (χ2n) is 14.4. The molecule has 7 heterocycles. The number of aromatic nitrogens is 9. The molecule has 288 valence electrons. The van der Waals surface area contributed by atoms with Crippen LogP contribution in [0.25, 0.3) is 44.4 Å². The van der Waals surface area contributed by atoms with E-state index in [0.717, 1.165) is 29.3 Å². The first-order valence-electron chi connectivity index (χ1n) is 18.5. The highest BCUT2D eigenvalue weighted by Crippen LogP contribution is 2.34. The molecule has 1 N–H and O–H groups in total. The van der Waals surface area contributed by atoms with E-state index in [0.29, 0.717) is 59.5 Å². The Morgan fingerprint density at radius 2 is 1.74 bits per heavy atom. The second-order valence-corrected chi connectivity index (χ2v) is 14.4. The minimum absolute atomic E-state index is 0.0432. The molecule has 2 aliphatic heterocycles. The standard InChI is InChI=1S/C40H34F2N10O5/c1-47-30-8-9-31(35(42)28(30)20-43-47)49-13-14-50(40(49)55)37-33-21-48(12-15-52(33)45-36(37)24-2-5-27(41)6-3-24)38(53)32-19-26-18-25(23-10-16-56-17-11-23)4-7-29(26)51(32)22-34-44-39(54)57-46-34/h2-9,13-14,18-20,23H,10-12,15-17,21-22H2,1H3,(H,44,46,54). The minimum Gasteiger partial charge on any atom is -0.381 e. The van der Waals surface area contributed by atoms with Crippen molar-refractivity contribution in [1.82, 2.24) is 48.3 Å². The van der Waals surface area contributed by atoms with Gasteiger partial charge in [0, 0.05) is 55.7 Å². The van der Waals surface area contributed by atoms with Gasteiger partial charge in [0.15, 0.2) is 11.6 Å². The van der Waals surface area contributed by atoms with Crippen molar-refractivity contribution >= 4 is 27.7 Å². The largest absolute Gasteiger partial charge is 0.438 e. The Balaban J connectivity index is 1.06. The lowest BCUT2D eigenvalue weighted by Crippen LogP contribution is -2.40. The topological polar surface area (TPSA) is 156 Å². The third-order valence-electron chi connectivity index (χ3n) is 11.1. The lowest BCUT2D eigenvalue weighted by Gasteiger charge is -2.28. The van der Waals surface area contributed by atoms with Crippen LogP contribution < -0.4 is 11.4 Å². The van der Waals surface area contributed by atoms with Crippen LogP contribution in [0.5, 0.6) is 0 Å². The Morgan fingerprint density at radius 1 is 0.947 bits per heavy atom. The highest BCUT2D eigenvalue weighted by Gasteiger charge is 2.32. The average Bonchev–Trinajstić information content (AvgIpc) is 4.06. The number of benzene rings is 3. The molecular formula is C40H34F2N10O5. The number of aryl methyl sites for hydroxylation is 1. The molecule has 0 atom stereocenters. The first kappa shape index (κ1) is 34.6. The first-order chi connectivity index (χ1) is 27.7. The molecule has 1 fully saturated rings. The zero-order chi connectivity index (χ0) is 38.9. The maximum atomic E-state index is 15.9. The number of nitrogens with one attached hydrogen (secondary N) is 1. The van der Waals surface area contributed by atoms with Gasteiger partial charge in [-0.25, -0.2) is 18.4 Å². The van der Waals surface area contributed by atoms with E-state index in [1.165, 1.54) is 45.9 Å². The quantitative estimate of drug-likeness (QED) is 0.240. The molecule has 0 aliphatic carbocycles. The van der Waals surface area contributed by atoms with Gasteiger partial charge in [-0.3, -0.25) is 32.8 Å². The third-order valence-corrected chi connectivity index (χ3v) is 11.1. The maximum absolute atomic E-state index is 15.9. The smallest absolute Gasteiger partial charge is 0.381 e. The molecule has 0 radical (unpaired) electrons. The zero-order valence-corrected chi connectivity index (χ0v) is 30.6. The molecule has 8 aromatic rings. The molecule has 0 saturated carbocycles. The molecule has 1 amide bonds. The fourth-order valence-electron chi connectivity index (χ4n) is 8.19. The Morgan fingerprint density at radius 3 is 2.53 bits per heavy atom. The fraction of sp³-hybridized carbons (Fsp3) is 0.250. The summed E-state index contributed by atoms with van der Waals surface area (Å²) in [6, 6.07) is 17.0. The Labute approximate surface area is 320 Å². The van der Waals surface area contributed by atoms with E-state index in [1.54, 1.807) is 39.5 Å². The number of amides is 1. The maximum Gasteiger partial charge on any atom is 0.438 e. The van der Waals surface area contributed by atoms with E-state index in [2.05, 4.69) is 27.4 Å². The van der Waals surface area contributed by atoms with Crippen molar-refractivity contribution < 1.29 is 22.8 Å². The van der Waals surface area contributed by atoms with Gasteiger partial charge in [0.05, 0.1) is 48.1 Å². The number of rotatable bonds is 7. The predicted octanol–water partition coefficient (Wildman–Crippen LogP) is 4.89. The summed E-state index contributed by atoms with van der Waals surface area (Å²) in [4.78, 5) is 45.2. The van der Waals surface area contributed by atoms with Crippen LogP contribution in [-0.2, 0) is 31.4 Å². The van der Waals surface area contributed by atoms with Gasteiger partial charge >= 0.3 is 11.4 Å². The summed E-state index contributed by atoms with van der Waals surface area (Å²) in [7, 11) is 1.71. The summed E-state index contributed by atoms with van der Waals surface area (Å²) in [6.07, 6.45) is 6.24. The molecule has 57 heavy (non-hydrogen) atoms. The van der Waals surface area contributed by atoms with Crippen molar-refractivity contribution in [3.05, 3.63) is 135 Å². The summed E-state index contributed by atoms with van der Waals surface area (Å²) in [5.41, 5.74) is 4.25. The Kier molecular flexibility index (Phi) is 8.14. The molecule has 3 aromatic carbocycles. The van der Waals surface area contributed by atoms with Crippen LogP contribution >= 0.6 is 0 Å². The van der Waals surface area contributed by atoms with E-state index >= 15 is 4.39 Å². The molecule has 15 nitrogen and oxygen atoms in total. The first-order valence-corrected chi connectivity index (χ1v) is 18.5. The number of aromatic amines is 1.